The molecule has 0 atom stereocenters. The van der Waals surface area contributed by atoms with Crippen LogP contribution in [0.4, 0.5) is 10.1 Å². The van der Waals surface area contributed by atoms with Gasteiger partial charge in [0.25, 0.3) is 0 Å². The molecule has 0 spiro atoms. The van der Waals surface area contributed by atoms with Crippen molar-refractivity contribution in [3.63, 3.8) is 0 Å². The highest BCUT2D eigenvalue weighted by atomic mass is 32.1. The Kier molecular flexibility index (Phi) is 3.84. The second kappa shape index (κ2) is 5.77. The first-order valence-electron chi connectivity index (χ1n) is 6.76. The Labute approximate surface area is 128 Å². The standard InChI is InChI=1S/C16H16FN3S/c1-11-2-3-13(15(21)8-11)14-10-20-7-4-12(18-6-5-17)9-16(20)19-14/h2-4,7-10,18,21H,5-6H2,1H3. The van der Waals surface area contributed by atoms with Crippen molar-refractivity contribution in [2.45, 2.75) is 11.8 Å². The Morgan fingerprint density at radius 3 is 2.90 bits per heavy atom. The summed E-state index contributed by atoms with van der Waals surface area (Å²) in [6.45, 7) is 1.95. The molecule has 1 N–H and O–H groups in total. The highest BCUT2D eigenvalue weighted by molar-refractivity contribution is 7.80. The number of pyridine rings is 1. The van der Waals surface area contributed by atoms with Gasteiger partial charge in [0.2, 0.25) is 0 Å². The van der Waals surface area contributed by atoms with Crippen LogP contribution in [0, 0.1) is 6.92 Å². The number of aromatic nitrogens is 2. The topological polar surface area (TPSA) is 29.3 Å². The van der Waals surface area contributed by atoms with E-state index in [1.54, 1.807) is 0 Å². The average molecular weight is 301 g/mol. The summed E-state index contributed by atoms with van der Waals surface area (Å²) in [7, 11) is 0. The van der Waals surface area contributed by atoms with Crippen molar-refractivity contribution in [1.82, 2.24) is 9.38 Å². The van der Waals surface area contributed by atoms with Crippen molar-refractivity contribution in [2.75, 3.05) is 18.5 Å². The van der Waals surface area contributed by atoms with Gasteiger partial charge in [0.15, 0.2) is 0 Å². The second-order valence-corrected chi connectivity index (χ2v) is 5.43. The fraction of sp³-hybridized carbons (Fsp3) is 0.188. The smallest absolute Gasteiger partial charge is 0.139 e. The number of anilines is 1. The fourth-order valence-electron chi connectivity index (χ4n) is 2.27. The maximum atomic E-state index is 12.2. The molecule has 0 aliphatic carbocycles. The second-order valence-electron chi connectivity index (χ2n) is 4.94. The summed E-state index contributed by atoms with van der Waals surface area (Å²) >= 11 is 4.52. The molecule has 21 heavy (non-hydrogen) atoms. The van der Waals surface area contributed by atoms with Crippen LogP contribution >= 0.6 is 12.6 Å². The molecule has 0 radical (unpaired) electrons. The van der Waals surface area contributed by atoms with E-state index in [2.05, 4.69) is 22.9 Å². The lowest BCUT2D eigenvalue weighted by Gasteiger charge is -2.03. The molecule has 0 saturated carbocycles. The molecule has 1 aromatic carbocycles. The minimum Gasteiger partial charge on any atom is -0.382 e. The van der Waals surface area contributed by atoms with Gasteiger partial charge in [-0.05, 0) is 24.6 Å². The van der Waals surface area contributed by atoms with E-state index in [0.717, 1.165) is 27.5 Å². The summed E-state index contributed by atoms with van der Waals surface area (Å²) in [6.07, 6.45) is 3.89. The number of aryl methyl sites for hydroxylation is 1. The molecule has 2 heterocycles. The lowest BCUT2D eigenvalue weighted by atomic mass is 10.1. The zero-order valence-corrected chi connectivity index (χ0v) is 12.6. The third-order valence-corrected chi connectivity index (χ3v) is 3.68. The Morgan fingerprint density at radius 2 is 2.14 bits per heavy atom. The maximum Gasteiger partial charge on any atom is 0.139 e. The molecule has 5 heteroatoms. The quantitative estimate of drug-likeness (QED) is 0.714. The van der Waals surface area contributed by atoms with Gasteiger partial charge in [-0.15, -0.1) is 12.6 Å². The largest absolute Gasteiger partial charge is 0.382 e. The van der Waals surface area contributed by atoms with Crippen molar-refractivity contribution in [2.24, 2.45) is 0 Å². The zero-order chi connectivity index (χ0) is 14.8. The molecule has 3 aromatic rings. The van der Waals surface area contributed by atoms with Gasteiger partial charge in [0.1, 0.15) is 12.3 Å². The number of fused-ring (bicyclic) bond motifs is 1. The minimum absolute atomic E-state index is 0.308. The van der Waals surface area contributed by atoms with Gasteiger partial charge in [-0.2, -0.15) is 0 Å². The van der Waals surface area contributed by atoms with E-state index >= 15 is 0 Å². The Morgan fingerprint density at radius 1 is 1.29 bits per heavy atom. The number of benzene rings is 1. The summed E-state index contributed by atoms with van der Waals surface area (Å²) in [5.41, 5.74) is 4.74. The average Bonchev–Trinajstić information content (AvgIpc) is 2.87. The van der Waals surface area contributed by atoms with Crippen LogP contribution in [0.3, 0.4) is 0 Å². The van der Waals surface area contributed by atoms with Gasteiger partial charge in [-0.3, -0.25) is 0 Å². The molecule has 3 rings (SSSR count). The fourth-order valence-corrected chi connectivity index (χ4v) is 2.66. The molecular weight excluding hydrogens is 285 g/mol. The summed E-state index contributed by atoms with van der Waals surface area (Å²) in [4.78, 5) is 5.53. The van der Waals surface area contributed by atoms with Gasteiger partial charge in [-0.1, -0.05) is 12.1 Å². The normalized spacial score (nSPS) is 11.0. The van der Waals surface area contributed by atoms with Crippen LogP contribution in [0.5, 0.6) is 0 Å². The van der Waals surface area contributed by atoms with E-state index in [4.69, 9.17) is 0 Å². The molecule has 0 amide bonds. The van der Waals surface area contributed by atoms with Crippen molar-refractivity contribution in [1.29, 1.82) is 0 Å². The van der Waals surface area contributed by atoms with Gasteiger partial charge in [-0.25, -0.2) is 9.37 Å². The molecule has 0 fully saturated rings. The van der Waals surface area contributed by atoms with Gasteiger partial charge >= 0.3 is 0 Å². The number of nitrogens with zero attached hydrogens (tertiary/aromatic N) is 2. The van der Waals surface area contributed by atoms with E-state index in [1.807, 2.05) is 54.0 Å². The molecule has 108 valence electrons. The van der Waals surface area contributed by atoms with Gasteiger partial charge in [0, 0.05) is 41.2 Å². The minimum atomic E-state index is -0.392. The van der Waals surface area contributed by atoms with Crippen molar-refractivity contribution >= 4 is 24.0 Å². The van der Waals surface area contributed by atoms with E-state index in [1.165, 1.54) is 5.56 Å². The predicted molar refractivity (Wildman–Crippen MR) is 87.1 cm³/mol. The number of thiol groups is 1. The Balaban J connectivity index is 2.00. The molecular formula is C16H16FN3S. The lowest BCUT2D eigenvalue weighted by Crippen LogP contribution is -2.02. The highest BCUT2D eigenvalue weighted by Gasteiger charge is 2.08. The highest BCUT2D eigenvalue weighted by Crippen LogP contribution is 2.27. The van der Waals surface area contributed by atoms with Crippen LogP contribution in [-0.4, -0.2) is 22.6 Å². The molecule has 0 aliphatic rings. The number of rotatable bonds is 4. The lowest BCUT2D eigenvalue weighted by molar-refractivity contribution is 0.513. The van der Waals surface area contributed by atoms with E-state index in [0.29, 0.717) is 6.54 Å². The predicted octanol–water partition coefficient (Wildman–Crippen LogP) is 3.98. The molecule has 0 saturated heterocycles. The number of imidazole rings is 1. The zero-order valence-electron chi connectivity index (χ0n) is 11.7. The number of hydrogen-bond donors (Lipinski definition) is 2. The van der Waals surface area contributed by atoms with Crippen LogP contribution < -0.4 is 5.32 Å². The Hall–Kier alpha value is -2.01. The summed E-state index contributed by atoms with van der Waals surface area (Å²) < 4.78 is 14.2. The van der Waals surface area contributed by atoms with Gasteiger partial charge < -0.3 is 9.72 Å². The van der Waals surface area contributed by atoms with Crippen molar-refractivity contribution in [3.05, 3.63) is 48.3 Å². The molecule has 3 nitrogen and oxygen atoms in total. The summed E-state index contributed by atoms with van der Waals surface area (Å²) in [6, 6.07) is 9.92. The van der Waals surface area contributed by atoms with Crippen molar-refractivity contribution < 1.29 is 4.39 Å². The molecule has 2 aromatic heterocycles. The molecule has 0 unspecified atom stereocenters. The van der Waals surface area contributed by atoms with Crippen LogP contribution in [0.2, 0.25) is 0 Å². The van der Waals surface area contributed by atoms with E-state index in [-0.39, 0.29) is 0 Å². The van der Waals surface area contributed by atoms with Crippen LogP contribution in [0.25, 0.3) is 16.9 Å². The number of alkyl halides is 1. The Bertz CT molecular complexity index is 782. The summed E-state index contributed by atoms with van der Waals surface area (Å²) in [5.74, 6) is 0. The maximum absolute atomic E-state index is 12.2. The molecule has 0 bridgehead atoms. The van der Waals surface area contributed by atoms with Crippen LogP contribution in [0.1, 0.15) is 5.56 Å². The first-order chi connectivity index (χ1) is 10.2. The number of hydrogen-bond acceptors (Lipinski definition) is 3. The number of halogens is 1. The van der Waals surface area contributed by atoms with Crippen molar-refractivity contribution in [3.8, 4) is 11.3 Å². The van der Waals surface area contributed by atoms with Crippen LogP contribution in [0.15, 0.2) is 47.6 Å². The third-order valence-electron chi connectivity index (χ3n) is 3.31. The van der Waals surface area contributed by atoms with E-state index < -0.39 is 6.67 Å². The van der Waals surface area contributed by atoms with E-state index in [9.17, 15) is 4.39 Å². The monoisotopic (exact) mass is 301 g/mol. The molecule has 0 aliphatic heterocycles. The van der Waals surface area contributed by atoms with Gasteiger partial charge in [0.05, 0.1) is 5.69 Å². The van der Waals surface area contributed by atoms with Crippen LogP contribution in [-0.2, 0) is 0 Å². The SMILES string of the molecule is Cc1ccc(-c2cn3ccc(NCCF)cc3n2)c(S)c1. The first kappa shape index (κ1) is 13.9. The first-order valence-corrected chi connectivity index (χ1v) is 7.20. The third kappa shape index (κ3) is 2.88. The number of nitrogens with one attached hydrogen (secondary N) is 1. The summed E-state index contributed by atoms with van der Waals surface area (Å²) in [5, 5.41) is 3.01.